The fraction of sp³-hybridized carbons (Fsp3) is 0.588. The fourth-order valence-electron chi connectivity index (χ4n) is 4.32. The van der Waals surface area contributed by atoms with Crippen LogP contribution in [-0.4, -0.2) is 57.6 Å². The number of likely N-dealkylation sites (tertiary alicyclic amines) is 1. The van der Waals surface area contributed by atoms with Gasteiger partial charge in [-0.15, -0.1) is 34.2 Å². The molecule has 10 heteroatoms. The van der Waals surface area contributed by atoms with E-state index in [-0.39, 0.29) is 59.5 Å². The van der Waals surface area contributed by atoms with Crippen LogP contribution in [0.5, 0.6) is 0 Å². The predicted molar refractivity (Wildman–Crippen MR) is 109 cm³/mol. The van der Waals surface area contributed by atoms with Crippen LogP contribution in [0.4, 0.5) is 0 Å². The molecule has 146 valence electrons. The first-order valence-electron chi connectivity index (χ1n) is 8.91. The Bertz CT molecular complexity index is 760. The minimum absolute atomic E-state index is 0. The van der Waals surface area contributed by atoms with E-state index in [4.69, 9.17) is 0 Å². The number of halogens is 1. The van der Waals surface area contributed by atoms with Crippen molar-refractivity contribution in [1.29, 1.82) is 0 Å². The maximum Gasteiger partial charge on any atom is 0.233 e. The summed E-state index contributed by atoms with van der Waals surface area (Å²) in [5, 5.41) is 14.1. The van der Waals surface area contributed by atoms with Crippen LogP contribution in [0.25, 0.3) is 0 Å². The molecule has 27 heavy (non-hydrogen) atoms. The van der Waals surface area contributed by atoms with Gasteiger partial charge in [0.2, 0.25) is 11.8 Å². The normalized spacial score (nSPS) is 28.5. The van der Waals surface area contributed by atoms with E-state index in [0.29, 0.717) is 25.6 Å². The molecule has 0 aromatic carbocycles. The highest BCUT2D eigenvalue weighted by Crippen LogP contribution is 2.52. The third-order valence-corrected chi connectivity index (χ3v) is 5.63. The van der Waals surface area contributed by atoms with Crippen molar-refractivity contribution >= 4 is 41.8 Å². The molecule has 4 unspecified atom stereocenters. The predicted octanol–water partition coefficient (Wildman–Crippen LogP) is -0.0948. The first-order valence-corrected chi connectivity index (χ1v) is 8.91. The second-order valence-corrected chi connectivity index (χ2v) is 7.04. The lowest BCUT2D eigenvalue weighted by Crippen LogP contribution is -2.43. The van der Waals surface area contributed by atoms with Crippen LogP contribution in [0.1, 0.15) is 12.2 Å². The summed E-state index contributed by atoms with van der Waals surface area (Å²) in [6.45, 7) is 1.30. The largest absolute Gasteiger partial charge is 0.355 e. The smallest absolute Gasteiger partial charge is 0.233 e. The van der Waals surface area contributed by atoms with Crippen molar-refractivity contribution in [2.24, 2.45) is 35.7 Å². The summed E-state index contributed by atoms with van der Waals surface area (Å²) in [7, 11) is 3.54. The van der Waals surface area contributed by atoms with E-state index in [2.05, 4.69) is 38.0 Å². The number of guanidine groups is 1. The lowest BCUT2D eigenvalue weighted by atomic mass is 9.85. The first kappa shape index (κ1) is 19.8. The van der Waals surface area contributed by atoms with Crippen LogP contribution in [-0.2, 0) is 23.2 Å². The average Bonchev–Trinajstić information content (AvgIpc) is 3.39. The van der Waals surface area contributed by atoms with Gasteiger partial charge < -0.3 is 15.2 Å². The number of carbonyl (C=O) groups is 2. The number of hydrogen-bond acceptors (Lipinski definition) is 5. The van der Waals surface area contributed by atoms with Crippen LogP contribution in [0, 0.1) is 23.7 Å². The molecule has 4 atom stereocenters. The lowest BCUT2D eigenvalue weighted by Gasteiger charge is -2.18. The molecule has 1 aliphatic heterocycles. The Hall–Kier alpha value is -1.98. The van der Waals surface area contributed by atoms with Crippen LogP contribution in [0.15, 0.2) is 23.5 Å². The SMILES string of the molecule is CN=C(NCCN1C(=O)C2C3C=CC(C3)C2C1=O)NCc1nncn1C.I. The van der Waals surface area contributed by atoms with Gasteiger partial charge in [0.1, 0.15) is 6.33 Å². The van der Waals surface area contributed by atoms with Crippen LogP contribution >= 0.6 is 24.0 Å². The van der Waals surface area contributed by atoms with Gasteiger partial charge in [-0.25, -0.2) is 0 Å². The molecule has 1 saturated carbocycles. The molecule has 2 N–H and O–H groups in total. The quantitative estimate of drug-likeness (QED) is 0.199. The third-order valence-electron chi connectivity index (χ3n) is 5.63. The van der Waals surface area contributed by atoms with E-state index in [1.807, 2.05) is 11.6 Å². The summed E-state index contributed by atoms with van der Waals surface area (Å²) in [5.41, 5.74) is 0. The molecule has 9 nitrogen and oxygen atoms in total. The fourth-order valence-corrected chi connectivity index (χ4v) is 4.32. The van der Waals surface area contributed by atoms with E-state index < -0.39 is 0 Å². The number of carbonyl (C=O) groups excluding carboxylic acids is 2. The standard InChI is InChI=1S/C17H23N7O2.HI/c1-18-17(20-8-12-22-21-9-23(12)2)19-5-6-24-15(25)13-10-3-4-11(7-10)14(13)16(24)26;/h3-4,9-11,13-14H,5-8H2,1-2H3,(H2,18,19,20);1H. The van der Waals surface area contributed by atoms with Crippen molar-refractivity contribution in [3.8, 4) is 0 Å². The molecule has 3 aliphatic rings. The molecule has 1 aromatic heterocycles. The van der Waals surface area contributed by atoms with Gasteiger partial charge in [0, 0.05) is 27.2 Å². The van der Waals surface area contributed by atoms with Gasteiger partial charge in [-0.2, -0.15) is 0 Å². The number of fused-ring (bicyclic) bond motifs is 5. The number of amides is 2. The molecule has 1 aromatic rings. The van der Waals surface area contributed by atoms with E-state index in [0.717, 1.165) is 12.2 Å². The molecule has 2 fully saturated rings. The van der Waals surface area contributed by atoms with Crippen LogP contribution < -0.4 is 10.6 Å². The Balaban J connectivity index is 0.00000210. The first-order chi connectivity index (χ1) is 12.6. The van der Waals surface area contributed by atoms with E-state index in [1.54, 1.807) is 13.4 Å². The zero-order valence-corrected chi connectivity index (χ0v) is 17.7. The zero-order chi connectivity index (χ0) is 18.3. The highest BCUT2D eigenvalue weighted by atomic mass is 127. The number of nitrogens with zero attached hydrogens (tertiary/aromatic N) is 5. The molecule has 0 radical (unpaired) electrons. The number of aliphatic imine (C=N–C) groups is 1. The summed E-state index contributed by atoms with van der Waals surface area (Å²) in [6.07, 6.45) is 6.81. The van der Waals surface area contributed by atoms with Crippen molar-refractivity contribution in [3.05, 3.63) is 24.3 Å². The monoisotopic (exact) mass is 485 g/mol. The second kappa shape index (κ2) is 7.95. The highest BCUT2D eigenvalue weighted by molar-refractivity contribution is 14.0. The molecule has 1 saturated heterocycles. The van der Waals surface area contributed by atoms with Gasteiger partial charge in [-0.1, -0.05) is 12.2 Å². The number of imide groups is 1. The number of aromatic nitrogens is 3. The topological polar surface area (TPSA) is 105 Å². The Kier molecular flexibility index (Phi) is 5.82. The number of nitrogens with one attached hydrogen (secondary N) is 2. The minimum atomic E-state index is -0.133. The number of hydrogen-bond donors (Lipinski definition) is 2. The summed E-state index contributed by atoms with van der Waals surface area (Å²) < 4.78 is 1.82. The maximum atomic E-state index is 12.6. The van der Waals surface area contributed by atoms with Crippen molar-refractivity contribution in [3.63, 3.8) is 0 Å². The molecule has 2 heterocycles. The van der Waals surface area contributed by atoms with Gasteiger partial charge in [0.05, 0.1) is 18.4 Å². The Morgan fingerprint density at radius 1 is 1.22 bits per heavy atom. The molecular weight excluding hydrogens is 461 g/mol. The Morgan fingerprint density at radius 2 is 1.89 bits per heavy atom. The second-order valence-electron chi connectivity index (χ2n) is 7.04. The van der Waals surface area contributed by atoms with Crippen LogP contribution in [0.3, 0.4) is 0 Å². The van der Waals surface area contributed by atoms with E-state index in [9.17, 15) is 9.59 Å². The van der Waals surface area contributed by atoms with E-state index in [1.165, 1.54) is 4.90 Å². The van der Waals surface area contributed by atoms with Crippen molar-refractivity contribution in [2.75, 3.05) is 20.1 Å². The Labute approximate surface area is 174 Å². The summed E-state index contributed by atoms with van der Waals surface area (Å²) in [4.78, 5) is 30.8. The van der Waals surface area contributed by atoms with Gasteiger partial charge in [-0.3, -0.25) is 19.5 Å². The summed E-state index contributed by atoms with van der Waals surface area (Å²) in [6, 6.07) is 0. The van der Waals surface area contributed by atoms with Crippen molar-refractivity contribution in [1.82, 2.24) is 30.3 Å². The third kappa shape index (κ3) is 3.46. The van der Waals surface area contributed by atoms with Gasteiger partial charge in [0.25, 0.3) is 0 Å². The van der Waals surface area contributed by atoms with Gasteiger partial charge >= 0.3 is 0 Å². The molecule has 4 rings (SSSR count). The van der Waals surface area contributed by atoms with Gasteiger partial charge in [0.15, 0.2) is 11.8 Å². The molecule has 2 bridgehead atoms. The molecule has 0 spiro atoms. The molecule has 2 aliphatic carbocycles. The zero-order valence-electron chi connectivity index (χ0n) is 15.3. The summed E-state index contributed by atoms with van der Waals surface area (Å²) in [5.74, 6) is 1.58. The van der Waals surface area contributed by atoms with E-state index >= 15 is 0 Å². The molecule has 2 amide bonds. The summed E-state index contributed by atoms with van der Waals surface area (Å²) >= 11 is 0. The highest BCUT2D eigenvalue weighted by Gasteiger charge is 2.58. The van der Waals surface area contributed by atoms with Crippen LogP contribution in [0.2, 0.25) is 0 Å². The average molecular weight is 485 g/mol. The molecular formula is C17H24IN7O2. The minimum Gasteiger partial charge on any atom is -0.355 e. The van der Waals surface area contributed by atoms with Crippen molar-refractivity contribution < 1.29 is 9.59 Å². The van der Waals surface area contributed by atoms with Crippen molar-refractivity contribution in [2.45, 2.75) is 13.0 Å². The van der Waals surface area contributed by atoms with Gasteiger partial charge in [-0.05, 0) is 18.3 Å². The number of rotatable bonds is 5. The maximum absolute atomic E-state index is 12.6. The lowest BCUT2D eigenvalue weighted by molar-refractivity contribution is -0.140. The number of aryl methyl sites for hydroxylation is 1. The Morgan fingerprint density at radius 3 is 2.44 bits per heavy atom. The number of allylic oxidation sites excluding steroid dienone is 2.